The zero-order valence-electron chi connectivity index (χ0n) is 20.4. The van der Waals surface area contributed by atoms with Gasteiger partial charge in [0.2, 0.25) is 0 Å². The molecule has 0 nitrogen and oxygen atoms in total. The van der Waals surface area contributed by atoms with E-state index in [9.17, 15) is 57.1 Å². The number of hydrogen-bond acceptors (Lipinski definition) is 0. The summed E-state index contributed by atoms with van der Waals surface area (Å²) in [5, 5.41) is 0. The van der Waals surface area contributed by atoms with Crippen LogP contribution in [0.4, 0.5) is 57.1 Å². The SMILES string of the molecule is CCCCC1CCC(CCC2CCC(C(F)(F)C(F)(F)C(F)(F)C(F)(F)C(F)(F)C(F)(F)F)CC2)CC1. The minimum Gasteiger partial charge on any atom is -0.199 e. The van der Waals surface area contributed by atoms with Gasteiger partial charge in [-0.25, -0.2) is 0 Å². The molecule has 0 aromatic carbocycles. The van der Waals surface area contributed by atoms with Crippen LogP contribution in [0.2, 0.25) is 0 Å². The van der Waals surface area contributed by atoms with Gasteiger partial charge in [0.25, 0.3) is 0 Å². The lowest BCUT2D eigenvalue weighted by molar-refractivity contribution is -0.443. The second-order valence-corrected chi connectivity index (χ2v) is 10.7. The van der Waals surface area contributed by atoms with Crippen LogP contribution >= 0.6 is 0 Å². The molecule has 0 amide bonds. The van der Waals surface area contributed by atoms with Crippen LogP contribution in [0, 0.1) is 23.7 Å². The first kappa shape index (κ1) is 32.3. The largest absolute Gasteiger partial charge is 0.460 e. The molecular formula is C24H33F13. The van der Waals surface area contributed by atoms with Gasteiger partial charge in [0, 0.05) is 5.92 Å². The number of unbranched alkanes of at least 4 members (excludes halogenated alkanes) is 1. The fourth-order valence-corrected chi connectivity index (χ4v) is 5.62. The lowest BCUT2D eigenvalue weighted by Crippen LogP contribution is -2.71. The molecule has 2 fully saturated rings. The van der Waals surface area contributed by atoms with Crippen molar-refractivity contribution in [2.45, 2.75) is 126 Å². The van der Waals surface area contributed by atoms with Crippen LogP contribution in [0.1, 0.15) is 90.4 Å². The predicted octanol–water partition coefficient (Wildman–Crippen LogP) is 10.3. The molecule has 0 heterocycles. The van der Waals surface area contributed by atoms with Crippen LogP contribution in [-0.2, 0) is 0 Å². The first-order chi connectivity index (χ1) is 16.7. The van der Waals surface area contributed by atoms with E-state index in [4.69, 9.17) is 0 Å². The van der Waals surface area contributed by atoms with E-state index in [1.165, 1.54) is 6.42 Å². The smallest absolute Gasteiger partial charge is 0.199 e. The van der Waals surface area contributed by atoms with Crippen LogP contribution in [0.3, 0.4) is 0 Å². The molecule has 0 aromatic heterocycles. The molecule has 2 rings (SSSR count). The van der Waals surface area contributed by atoms with Gasteiger partial charge in [0.05, 0.1) is 0 Å². The molecule has 2 aliphatic rings. The Kier molecular flexibility index (Phi) is 9.86. The van der Waals surface area contributed by atoms with Gasteiger partial charge in [0.1, 0.15) is 0 Å². The van der Waals surface area contributed by atoms with Crippen LogP contribution < -0.4 is 0 Å². The van der Waals surface area contributed by atoms with Crippen molar-refractivity contribution in [2.24, 2.45) is 23.7 Å². The monoisotopic (exact) mass is 568 g/mol. The molecule has 37 heavy (non-hydrogen) atoms. The summed E-state index contributed by atoms with van der Waals surface area (Å²) in [7, 11) is 0. The highest BCUT2D eigenvalue weighted by molar-refractivity contribution is 5.11. The Morgan fingerprint density at radius 3 is 1.19 bits per heavy atom. The Balaban J connectivity index is 1.98. The Bertz CT molecular complexity index is 713. The summed E-state index contributed by atoms with van der Waals surface area (Å²) in [5.41, 5.74) is 0. The van der Waals surface area contributed by atoms with E-state index in [1.807, 2.05) is 0 Å². The number of rotatable bonds is 11. The van der Waals surface area contributed by atoms with Crippen molar-refractivity contribution in [1.82, 2.24) is 0 Å². The third-order valence-electron chi connectivity index (χ3n) is 8.23. The van der Waals surface area contributed by atoms with Crippen molar-refractivity contribution in [3.8, 4) is 0 Å². The highest BCUT2D eigenvalue weighted by Gasteiger charge is 2.91. The first-order valence-electron chi connectivity index (χ1n) is 12.7. The van der Waals surface area contributed by atoms with Crippen LogP contribution in [-0.4, -0.2) is 35.8 Å². The van der Waals surface area contributed by atoms with Gasteiger partial charge < -0.3 is 0 Å². The second-order valence-electron chi connectivity index (χ2n) is 10.7. The summed E-state index contributed by atoms with van der Waals surface area (Å²) in [6, 6.07) is 0. The highest BCUT2D eigenvalue weighted by atomic mass is 19.4. The summed E-state index contributed by atoms with van der Waals surface area (Å²) < 4.78 is 174. The normalized spacial score (nSPS) is 27.4. The molecule has 0 bridgehead atoms. The van der Waals surface area contributed by atoms with Crippen molar-refractivity contribution in [3.05, 3.63) is 0 Å². The fourth-order valence-electron chi connectivity index (χ4n) is 5.62. The van der Waals surface area contributed by atoms with Crippen LogP contribution in [0.5, 0.6) is 0 Å². The summed E-state index contributed by atoms with van der Waals surface area (Å²) >= 11 is 0. The Labute approximate surface area is 207 Å². The first-order valence-corrected chi connectivity index (χ1v) is 12.7. The van der Waals surface area contributed by atoms with E-state index < -0.39 is 54.5 Å². The lowest BCUT2D eigenvalue weighted by Gasteiger charge is -2.43. The summed E-state index contributed by atoms with van der Waals surface area (Å²) in [6.07, 6.45) is -0.0818. The molecule has 0 spiro atoms. The molecule has 0 aromatic rings. The minimum absolute atomic E-state index is 0.0944. The molecule has 220 valence electrons. The number of halogens is 13. The van der Waals surface area contributed by atoms with Crippen LogP contribution in [0.15, 0.2) is 0 Å². The zero-order chi connectivity index (χ0) is 28.5. The molecule has 13 heteroatoms. The average molecular weight is 569 g/mol. The topological polar surface area (TPSA) is 0 Å². The van der Waals surface area contributed by atoms with Crippen molar-refractivity contribution < 1.29 is 57.1 Å². The Hall–Kier alpha value is -0.910. The second kappa shape index (κ2) is 11.3. The number of alkyl halides is 13. The zero-order valence-corrected chi connectivity index (χ0v) is 20.4. The summed E-state index contributed by atoms with van der Waals surface area (Å²) in [5.74, 6) is -37.9. The third-order valence-corrected chi connectivity index (χ3v) is 8.23. The minimum atomic E-state index is -7.82. The maximum atomic E-state index is 14.4. The Morgan fingerprint density at radius 1 is 0.459 bits per heavy atom. The molecule has 0 N–H and O–H groups in total. The van der Waals surface area contributed by atoms with Gasteiger partial charge >= 0.3 is 35.8 Å². The molecule has 0 saturated heterocycles. The average Bonchev–Trinajstić information content (AvgIpc) is 2.81. The van der Waals surface area contributed by atoms with E-state index in [-0.39, 0.29) is 18.8 Å². The fraction of sp³-hybridized carbons (Fsp3) is 1.00. The maximum absolute atomic E-state index is 14.4. The van der Waals surface area contributed by atoms with Crippen molar-refractivity contribution in [1.29, 1.82) is 0 Å². The van der Waals surface area contributed by atoms with Crippen molar-refractivity contribution >= 4 is 0 Å². The maximum Gasteiger partial charge on any atom is 0.460 e. The van der Waals surface area contributed by atoms with E-state index in [2.05, 4.69) is 6.92 Å². The molecule has 2 aliphatic carbocycles. The van der Waals surface area contributed by atoms with E-state index in [0.717, 1.165) is 44.9 Å². The molecule has 2 saturated carbocycles. The van der Waals surface area contributed by atoms with Gasteiger partial charge in [0.15, 0.2) is 0 Å². The standard InChI is InChI=1S/C24H33F13/c1-2-3-4-15-5-7-16(8-6-15)9-10-17-11-13-18(14-12-17)19(25,26)20(27,28)21(29,30)22(31,32)23(33,34)24(35,36)37/h15-18H,2-14H2,1H3. The van der Waals surface area contributed by atoms with Gasteiger partial charge in [-0.3, -0.25) is 0 Å². The van der Waals surface area contributed by atoms with Gasteiger partial charge in [-0.05, 0) is 43.4 Å². The molecule has 0 radical (unpaired) electrons. The lowest BCUT2D eigenvalue weighted by atomic mass is 9.72. The van der Waals surface area contributed by atoms with Gasteiger partial charge in [-0.1, -0.05) is 64.7 Å². The van der Waals surface area contributed by atoms with E-state index >= 15 is 0 Å². The molecule has 0 unspecified atom stereocenters. The molecule has 0 atom stereocenters. The van der Waals surface area contributed by atoms with Crippen LogP contribution in [0.25, 0.3) is 0 Å². The van der Waals surface area contributed by atoms with E-state index in [0.29, 0.717) is 18.3 Å². The molecular weight excluding hydrogens is 535 g/mol. The number of hydrogen-bond donors (Lipinski definition) is 0. The summed E-state index contributed by atoms with van der Waals surface area (Å²) in [6.45, 7) is 2.12. The molecule has 0 aliphatic heterocycles. The third kappa shape index (κ3) is 6.14. The van der Waals surface area contributed by atoms with E-state index in [1.54, 1.807) is 0 Å². The predicted molar refractivity (Wildman–Crippen MR) is 110 cm³/mol. The highest BCUT2D eigenvalue weighted by Crippen LogP contribution is 2.62. The van der Waals surface area contributed by atoms with Gasteiger partial charge in [-0.15, -0.1) is 0 Å². The quantitative estimate of drug-likeness (QED) is 0.218. The summed E-state index contributed by atoms with van der Waals surface area (Å²) in [4.78, 5) is 0. The van der Waals surface area contributed by atoms with Crippen molar-refractivity contribution in [3.63, 3.8) is 0 Å². The Morgan fingerprint density at radius 2 is 0.811 bits per heavy atom. The van der Waals surface area contributed by atoms with Crippen molar-refractivity contribution in [2.75, 3.05) is 0 Å². The van der Waals surface area contributed by atoms with Gasteiger partial charge in [-0.2, -0.15) is 57.1 Å².